The minimum atomic E-state index is -4.09. The fourth-order valence-electron chi connectivity index (χ4n) is 2.67. The van der Waals surface area contributed by atoms with Crippen LogP contribution in [0.15, 0.2) is 0 Å². The monoisotopic (exact) mass is 222 g/mol. The summed E-state index contributed by atoms with van der Waals surface area (Å²) in [5.41, 5.74) is 0. The molecule has 2 unspecified atom stereocenters. The first-order chi connectivity index (χ1) is 7.09. The largest absolute Gasteiger partial charge is 0.405 e. The molecule has 2 nitrogen and oxygen atoms in total. The molecule has 2 fully saturated rings. The molecule has 2 rings (SSSR count). The number of halogens is 3. The number of alkyl halides is 3. The van der Waals surface area contributed by atoms with Crippen molar-refractivity contribution in [2.24, 2.45) is 0 Å². The van der Waals surface area contributed by atoms with Crippen molar-refractivity contribution in [3.8, 4) is 0 Å². The molecule has 0 radical (unpaired) electrons. The van der Waals surface area contributed by atoms with E-state index in [1.165, 1.54) is 0 Å². The van der Waals surface area contributed by atoms with Gasteiger partial charge in [-0.25, -0.2) is 0 Å². The summed E-state index contributed by atoms with van der Waals surface area (Å²) in [5, 5.41) is 2.90. The van der Waals surface area contributed by atoms with Gasteiger partial charge in [-0.1, -0.05) is 6.42 Å². The number of hydrogen-bond donors (Lipinski definition) is 1. The van der Waals surface area contributed by atoms with Crippen LogP contribution in [0.5, 0.6) is 0 Å². The fourth-order valence-corrected chi connectivity index (χ4v) is 2.67. The smallest absolute Gasteiger partial charge is 0.315 e. The zero-order valence-electron chi connectivity index (χ0n) is 8.69. The van der Waals surface area contributed by atoms with Crippen molar-refractivity contribution in [2.75, 3.05) is 19.6 Å². The van der Waals surface area contributed by atoms with Gasteiger partial charge in [-0.2, -0.15) is 13.2 Å². The molecule has 0 aromatic heterocycles. The first kappa shape index (κ1) is 11.2. The maximum atomic E-state index is 12.8. The minimum Gasteiger partial charge on any atom is -0.315 e. The van der Waals surface area contributed by atoms with Crippen LogP contribution in [-0.2, 0) is 0 Å². The van der Waals surface area contributed by atoms with Crippen LogP contribution in [0.1, 0.15) is 25.7 Å². The van der Waals surface area contributed by atoms with Gasteiger partial charge in [0.25, 0.3) is 0 Å². The molecule has 0 aromatic carbocycles. The van der Waals surface area contributed by atoms with Gasteiger partial charge in [0.05, 0.1) is 0 Å². The van der Waals surface area contributed by atoms with Gasteiger partial charge in [-0.3, -0.25) is 4.90 Å². The van der Waals surface area contributed by atoms with Crippen LogP contribution in [0.25, 0.3) is 0 Å². The van der Waals surface area contributed by atoms with E-state index in [4.69, 9.17) is 0 Å². The fraction of sp³-hybridized carbons (Fsp3) is 1.00. The van der Waals surface area contributed by atoms with Crippen LogP contribution in [0, 0.1) is 0 Å². The molecular formula is C10H17F3N2. The summed E-state index contributed by atoms with van der Waals surface area (Å²) in [5.74, 6) is 0. The number of piperidine rings is 1. The van der Waals surface area contributed by atoms with Crippen molar-refractivity contribution >= 4 is 0 Å². The molecule has 15 heavy (non-hydrogen) atoms. The number of nitrogens with one attached hydrogen (secondary N) is 1. The third-order valence-electron chi connectivity index (χ3n) is 3.44. The highest BCUT2D eigenvalue weighted by Gasteiger charge is 2.46. The predicted molar refractivity (Wildman–Crippen MR) is 51.7 cm³/mol. The van der Waals surface area contributed by atoms with Crippen molar-refractivity contribution in [3.05, 3.63) is 0 Å². The molecule has 0 amide bonds. The topological polar surface area (TPSA) is 15.3 Å². The zero-order chi connectivity index (χ0) is 10.9. The van der Waals surface area contributed by atoms with Crippen LogP contribution >= 0.6 is 0 Å². The standard InChI is InChI=1S/C10H17F3N2/c11-10(12,13)9-7-14-5-4-8-3-1-2-6-15(8)9/h8-9,14H,1-7H2. The first-order valence-corrected chi connectivity index (χ1v) is 5.62. The Bertz CT molecular complexity index is 217. The van der Waals surface area contributed by atoms with Gasteiger partial charge in [-0.15, -0.1) is 0 Å². The van der Waals surface area contributed by atoms with Crippen molar-refractivity contribution in [1.82, 2.24) is 10.2 Å². The highest BCUT2D eigenvalue weighted by Crippen LogP contribution is 2.31. The summed E-state index contributed by atoms with van der Waals surface area (Å²) < 4.78 is 38.4. The van der Waals surface area contributed by atoms with Gasteiger partial charge in [-0.05, 0) is 32.4 Å². The number of hydrogen-bond acceptors (Lipinski definition) is 2. The summed E-state index contributed by atoms with van der Waals surface area (Å²) >= 11 is 0. The second kappa shape index (κ2) is 4.29. The van der Waals surface area contributed by atoms with Crippen LogP contribution in [-0.4, -0.2) is 42.8 Å². The predicted octanol–water partition coefficient (Wildman–Crippen LogP) is 1.77. The number of fused-ring (bicyclic) bond motifs is 1. The molecule has 5 heteroatoms. The highest BCUT2D eigenvalue weighted by molar-refractivity contribution is 4.90. The van der Waals surface area contributed by atoms with Gasteiger partial charge >= 0.3 is 6.18 Å². The van der Waals surface area contributed by atoms with E-state index < -0.39 is 12.2 Å². The highest BCUT2D eigenvalue weighted by atomic mass is 19.4. The lowest BCUT2D eigenvalue weighted by atomic mass is 9.98. The zero-order valence-corrected chi connectivity index (χ0v) is 8.69. The molecular weight excluding hydrogens is 205 g/mol. The maximum absolute atomic E-state index is 12.8. The van der Waals surface area contributed by atoms with Crippen LogP contribution in [0.4, 0.5) is 13.2 Å². The minimum absolute atomic E-state index is 0.0556. The van der Waals surface area contributed by atoms with Crippen LogP contribution in [0.3, 0.4) is 0 Å². The van der Waals surface area contributed by atoms with E-state index in [0.717, 1.165) is 25.7 Å². The molecule has 0 aromatic rings. The summed E-state index contributed by atoms with van der Waals surface area (Å²) in [6, 6.07) is -1.13. The van der Waals surface area contributed by atoms with Gasteiger partial charge in [0, 0.05) is 12.6 Å². The molecule has 2 aliphatic heterocycles. The maximum Gasteiger partial charge on any atom is 0.405 e. The lowest BCUT2D eigenvalue weighted by Gasteiger charge is -2.39. The lowest BCUT2D eigenvalue weighted by molar-refractivity contribution is -0.189. The number of rotatable bonds is 0. The van der Waals surface area contributed by atoms with E-state index in [-0.39, 0.29) is 12.6 Å². The third-order valence-corrected chi connectivity index (χ3v) is 3.44. The Morgan fingerprint density at radius 3 is 2.67 bits per heavy atom. The molecule has 2 saturated heterocycles. The molecule has 2 atom stereocenters. The Hall–Kier alpha value is -0.290. The van der Waals surface area contributed by atoms with E-state index in [1.807, 2.05) is 0 Å². The van der Waals surface area contributed by atoms with Crippen molar-refractivity contribution in [1.29, 1.82) is 0 Å². The summed E-state index contributed by atoms with van der Waals surface area (Å²) in [6.45, 7) is 1.38. The molecule has 1 N–H and O–H groups in total. The lowest BCUT2D eigenvalue weighted by Crippen LogP contribution is -2.54. The second-order valence-corrected chi connectivity index (χ2v) is 4.44. The van der Waals surface area contributed by atoms with E-state index in [1.54, 1.807) is 4.90 Å². The second-order valence-electron chi connectivity index (χ2n) is 4.44. The van der Waals surface area contributed by atoms with E-state index in [9.17, 15) is 13.2 Å². The van der Waals surface area contributed by atoms with Gasteiger partial charge in [0.2, 0.25) is 0 Å². The molecule has 0 bridgehead atoms. The molecule has 2 aliphatic rings. The van der Waals surface area contributed by atoms with E-state index in [0.29, 0.717) is 13.1 Å². The molecule has 2 heterocycles. The summed E-state index contributed by atoms with van der Waals surface area (Å²) in [4.78, 5) is 1.67. The molecule has 0 saturated carbocycles. The first-order valence-electron chi connectivity index (χ1n) is 5.62. The molecule has 88 valence electrons. The SMILES string of the molecule is FC(F)(F)C1CNCCC2CCCCN21. The third kappa shape index (κ3) is 2.45. The molecule has 0 spiro atoms. The van der Waals surface area contributed by atoms with Crippen molar-refractivity contribution in [3.63, 3.8) is 0 Å². The average molecular weight is 222 g/mol. The Morgan fingerprint density at radius 2 is 1.93 bits per heavy atom. The van der Waals surface area contributed by atoms with E-state index >= 15 is 0 Å². The van der Waals surface area contributed by atoms with Gasteiger partial charge < -0.3 is 5.32 Å². The van der Waals surface area contributed by atoms with Gasteiger partial charge in [0.15, 0.2) is 0 Å². The van der Waals surface area contributed by atoms with Crippen LogP contribution < -0.4 is 5.32 Å². The van der Waals surface area contributed by atoms with Crippen LogP contribution in [0.2, 0.25) is 0 Å². The van der Waals surface area contributed by atoms with Gasteiger partial charge in [0.1, 0.15) is 6.04 Å². The Labute approximate surface area is 87.8 Å². The number of nitrogens with zero attached hydrogens (tertiary/aromatic N) is 1. The Balaban J connectivity index is 2.13. The average Bonchev–Trinajstić information content (AvgIpc) is 2.38. The normalized spacial score (nSPS) is 34.6. The van der Waals surface area contributed by atoms with E-state index in [2.05, 4.69) is 5.32 Å². The summed E-state index contributed by atoms with van der Waals surface area (Å²) in [6.07, 6.45) is -0.331. The summed E-state index contributed by atoms with van der Waals surface area (Å²) in [7, 11) is 0. The Morgan fingerprint density at radius 1 is 1.13 bits per heavy atom. The van der Waals surface area contributed by atoms with Crippen molar-refractivity contribution in [2.45, 2.75) is 43.9 Å². The Kier molecular flexibility index (Phi) is 3.21. The molecule has 0 aliphatic carbocycles. The quantitative estimate of drug-likeness (QED) is 0.672. The van der Waals surface area contributed by atoms with Crippen molar-refractivity contribution < 1.29 is 13.2 Å².